The average Bonchev–Trinajstić information content (AvgIpc) is 3.67. The lowest BCUT2D eigenvalue weighted by Gasteiger charge is -2.38. The molecule has 4 N–H and O–H groups in total. The van der Waals surface area contributed by atoms with Crippen LogP contribution < -0.4 is 5.73 Å². The van der Waals surface area contributed by atoms with Crippen LogP contribution >= 0.6 is 0 Å². The Morgan fingerprint density at radius 1 is 1.18 bits per heavy atom. The summed E-state index contributed by atoms with van der Waals surface area (Å²) in [5.41, 5.74) is 10.3. The molecule has 39 heavy (non-hydrogen) atoms. The molecule has 4 aromatic heterocycles. The number of aromatic amines is 1. The Morgan fingerprint density at radius 3 is 2.56 bits per heavy atom. The van der Waals surface area contributed by atoms with Crippen molar-refractivity contribution in [3.8, 4) is 11.1 Å². The van der Waals surface area contributed by atoms with Gasteiger partial charge in [0.1, 0.15) is 12.1 Å². The zero-order chi connectivity index (χ0) is 27.3. The lowest BCUT2D eigenvalue weighted by atomic mass is 9.85. The second kappa shape index (κ2) is 9.84. The summed E-state index contributed by atoms with van der Waals surface area (Å²) in [7, 11) is 0. The van der Waals surface area contributed by atoms with Gasteiger partial charge >= 0.3 is 0 Å². The van der Waals surface area contributed by atoms with E-state index < -0.39 is 6.10 Å². The first-order chi connectivity index (χ1) is 18.9. The molecule has 4 aromatic rings. The van der Waals surface area contributed by atoms with Crippen LogP contribution in [0.3, 0.4) is 0 Å². The van der Waals surface area contributed by atoms with Crippen LogP contribution in [-0.4, -0.2) is 68.5 Å². The minimum absolute atomic E-state index is 0.0149. The Labute approximate surface area is 224 Å². The van der Waals surface area contributed by atoms with E-state index in [2.05, 4.69) is 25.3 Å². The summed E-state index contributed by atoms with van der Waals surface area (Å²) in [6, 6.07) is 3.73. The lowest BCUT2D eigenvalue weighted by Crippen LogP contribution is -2.46. The van der Waals surface area contributed by atoms with E-state index in [4.69, 9.17) is 10.7 Å². The summed E-state index contributed by atoms with van der Waals surface area (Å²) in [6.07, 6.45) is 8.72. The Morgan fingerprint density at radius 2 is 1.95 bits per heavy atom. The number of H-pyrrole nitrogens is 1. The normalized spacial score (nSPS) is 21.4. The number of Topliss-reactive ketones (excluding diaryl/α,β-unsaturated/α-hetero) is 1. The van der Waals surface area contributed by atoms with Gasteiger partial charge in [-0.2, -0.15) is 14.7 Å². The summed E-state index contributed by atoms with van der Waals surface area (Å²) >= 11 is 0. The van der Waals surface area contributed by atoms with Crippen molar-refractivity contribution in [2.75, 3.05) is 5.73 Å². The maximum absolute atomic E-state index is 13.1. The Hall–Kier alpha value is -4.19. The first kappa shape index (κ1) is 25.1. The molecule has 12 nitrogen and oxygen atoms in total. The summed E-state index contributed by atoms with van der Waals surface area (Å²) < 4.78 is 1.51. The minimum atomic E-state index is -0.608. The van der Waals surface area contributed by atoms with Crippen LogP contribution in [0.5, 0.6) is 0 Å². The van der Waals surface area contributed by atoms with Gasteiger partial charge < -0.3 is 15.7 Å². The molecule has 0 aliphatic carbocycles. The van der Waals surface area contributed by atoms with Crippen LogP contribution in [0.4, 0.5) is 5.82 Å². The number of fused-ring (bicyclic) bond motifs is 3. The van der Waals surface area contributed by atoms with E-state index in [1.807, 2.05) is 24.0 Å². The molecule has 2 aliphatic heterocycles. The largest absolute Gasteiger partial charge is 0.387 e. The van der Waals surface area contributed by atoms with Gasteiger partial charge in [0.2, 0.25) is 5.82 Å². The van der Waals surface area contributed by atoms with Gasteiger partial charge in [0.05, 0.1) is 29.3 Å². The van der Waals surface area contributed by atoms with Gasteiger partial charge in [-0.15, -0.1) is 0 Å². The van der Waals surface area contributed by atoms with E-state index in [0.717, 1.165) is 30.4 Å². The third kappa shape index (κ3) is 4.24. The van der Waals surface area contributed by atoms with Crippen LogP contribution in [0, 0.1) is 0 Å². The van der Waals surface area contributed by atoms with Crippen molar-refractivity contribution in [1.82, 2.24) is 39.7 Å². The van der Waals surface area contributed by atoms with Gasteiger partial charge in [0.15, 0.2) is 11.4 Å². The highest BCUT2D eigenvalue weighted by molar-refractivity contribution is 6.00. The van der Waals surface area contributed by atoms with E-state index >= 15 is 0 Å². The number of anilines is 1. The molecule has 4 atom stereocenters. The molecule has 0 aromatic carbocycles. The molecule has 2 bridgehead atoms. The van der Waals surface area contributed by atoms with Gasteiger partial charge in [-0.1, -0.05) is 19.4 Å². The smallest absolute Gasteiger partial charge is 0.291 e. The number of aliphatic hydroxyl groups is 1. The topological polar surface area (TPSA) is 168 Å². The van der Waals surface area contributed by atoms with Crippen molar-refractivity contribution >= 4 is 23.2 Å². The van der Waals surface area contributed by atoms with Crippen molar-refractivity contribution in [2.45, 2.75) is 76.5 Å². The van der Waals surface area contributed by atoms with Crippen LogP contribution in [0.15, 0.2) is 30.9 Å². The fraction of sp³-hybridized carbons (Fsp3) is 0.444. The number of amides is 1. The number of nitrogens with one attached hydrogen (secondary N) is 1. The fourth-order valence-electron chi connectivity index (χ4n) is 6.24. The summed E-state index contributed by atoms with van der Waals surface area (Å²) in [6.45, 7) is 3.51. The number of piperidine rings is 1. The van der Waals surface area contributed by atoms with Crippen molar-refractivity contribution in [3.05, 3.63) is 53.6 Å². The number of nitrogen functional groups attached to an aromatic ring is 1. The zero-order valence-corrected chi connectivity index (χ0v) is 21.9. The van der Waals surface area contributed by atoms with E-state index in [0.29, 0.717) is 41.9 Å². The predicted molar refractivity (Wildman–Crippen MR) is 142 cm³/mol. The second-order valence-corrected chi connectivity index (χ2v) is 10.5. The first-order valence-corrected chi connectivity index (χ1v) is 13.4. The van der Waals surface area contributed by atoms with Crippen molar-refractivity contribution in [1.29, 1.82) is 0 Å². The molecule has 0 radical (unpaired) electrons. The molecule has 202 valence electrons. The lowest BCUT2D eigenvalue weighted by molar-refractivity contribution is 0.0556. The molecule has 2 unspecified atom stereocenters. The van der Waals surface area contributed by atoms with Crippen molar-refractivity contribution < 1.29 is 14.7 Å². The maximum atomic E-state index is 13.1. The highest BCUT2D eigenvalue weighted by atomic mass is 16.3. The number of rotatable bonds is 7. The predicted octanol–water partition coefficient (Wildman–Crippen LogP) is 3.08. The Balaban J connectivity index is 1.37. The number of hydrogen-bond acceptors (Lipinski definition) is 9. The molecule has 12 heteroatoms. The molecular formula is C27H31N9O3. The number of carbonyl (C=O) groups is 2. The number of carbonyl (C=O) groups excluding carboxylic acids is 2. The van der Waals surface area contributed by atoms with Gasteiger partial charge in [-0.05, 0) is 45.1 Å². The monoisotopic (exact) mass is 529 g/mol. The number of pyridine rings is 1. The van der Waals surface area contributed by atoms with E-state index in [-0.39, 0.29) is 41.3 Å². The number of ketones is 1. The highest BCUT2D eigenvalue weighted by Gasteiger charge is 2.45. The first-order valence-electron chi connectivity index (χ1n) is 13.4. The standard InChI is InChI=1S/C27H31N9O3/c1-3-4-21(38)20-8-5-15(11-29-20)19-12-32-36-24(28)22(14(2)37)23(33-26(19)36)16-9-17-6-7-18(10-16)35(17)27(39)25-30-13-31-34-25/h5,8,11-13,16-18,21,38H,3-4,6-7,9-10,28H2,1-2H3,(H,30,31,34)/t16?,17-,18+,21?. The molecule has 2 saturated heterocycles. The van der Waals surface area contributed by atoms with E-state index in [1.54, 1.807) is 12.4 Å². The number of aromatic nitrogens is 7. The average molecular weight is 530 g/mol. The molecule has 0 spiro atoms. The SMILES string of the molecule is CCCC(O)c1ccc(-c2cnn3c(N)c(C(C)=O)c(C4C[C@H]5CC[C@@H](C4)N5C(=O)c4ncn[nH]4)nc23)cn1. The van der Waals surface area contributed by atoms with Gasteiger partial charge in [0, 0.05) is 35.3 Å². The molecule has 2 aliphatic rings. The number of hydrogen-bond donors (Lipinski definition) is 3. The second-order valence-electron chi connectivity index (χ2n) is 10.5. The Kier molecular flexibility index (Phi) is 6.34. The molecule has 6 heterocycles. The summed E-state index contributed by atoms with van der Waals surface area (Å²) in [5.74, 6) is 0.136. The number of aliphatic hydroxyl groups excluding tert-OH is 1. The number of nitrogens with two attached hydrogens (primary N) is 1. The van der Waals surface area contributed by atoms with Gasteiger partial charge in [0.25, 0.3) is 5.91 Å². The van der Waals surface area contributed by atoms with Crippen molar-refractivity contribution in [3.63, 3.8) is 0 Å². The van der Waals surface area contributed by atoms with Crippen LogP contribution in [0.2, 0.25) is 0 Å². The third-order valence-corrected chi connectivity index (χ3v) is 8.04. The zero-order valence-electron chi connectivity index (χ0n) is 21.9. The highest BCUT2D eigenvalue weighted by Crippen LogP contribution is 2.45. The van der Waals surface area contributed by atoms with Gasteiger partial charge in [-0.3, -0.25) is 19.7 Å². The molecular weight excluding hydrogens is 498 g/mol. The minimum Gasteiger partial charge on any atom is -0.387 e. The third-order valence-electron chi connectivity index (χ3n) is 8.04. The molecule has 1 amide bonds. The Bertz CT molecular complexity index is 1520. The summed E-state index contributed by atoms with van der Waals surface area (Å²) in [5, 5.41) is 21.2. The van der Waals surface area contributed by atoms with Crippen LogP contribution in [0.1, 0.15) is 96.8 Å². The van der Waals surface area contributed by atoms with Crippen LogP contribution in [0.25, 0.3) is 16.8 Å². The molecule has 2 fully saturated rings. The molecule has 6 rings (SSSR count). The fourth-order valence-corrected chi connectivity index (χ4v) is 6.24. The quantitative estimate of drug-likeness (QED) is 0.305. The van der Waals surface area contributed by atoms with E-state index in [9.17, 15) is 14.7 Å². The van der Waals surface area contributed by atoms with Gasteiger partial charge in [-0.25, -0.2) is 9.97 Å². The van der Waals surface area contributed by atoms with E-state index in [1.165, 1.54) is 17.8 Å². The van der Waals surface area contributed by atoms with Crippen molar-refractivity contribution in [2.24, 2.45) is 0 Å². The number of nitrogens with zero attached hydrogens (tertiary/aromatic N) is 7. The maximum Gasteiger partial charge on any atom is 0.291 e. The summed E-state index contributed by atoms with van der Waals surface area (Å²) in [4.78, 5) is 41.4. The molecule has 0 saturated carbocycles. The van der Waals surface area contributed by atoms with Crippen LogP contribution in [-0.2, 0) is 0 Å².